The maximum absolute atomic E-state index is 13.7. The van der Waals surface area contributed by atoms with Gasteiger partial charge in [0.2, 0.25) is 0 Å². The summed E-state index contributed by atoms with van der Waals surface area (Å²) in [7, 11) is 0. The Bertz CT molecular complexity index is 1010. The first-order chi connectivity index (χ1) is 12.8. The van der Waals surface area contributed by atoms with Crippen LogP contribution >= 0.6 is 0 Å². The molecule has 0 saturated carbocycles. The topological polar surface area (TPSA) is 50.8 Å². The molecule has 128 valence electrons. The van der Waals surface area contributed by atoms with E-state index in [0.29, 0.717) is 11.3 Å². The number of H-pyrrole nitrogens is 1. The highest BCUT2D eigenvalue weighted by Crippen LogP contribution is 2.31. The van der Waals surface area contributed by atoms with Crippen molar-refractivity contribution in [2.24, 2.45) is 0 Å². The molecular formula is C21H16FN3O. The van der Waals surface area contributed by atoms with Gasteiger partial charge in [0.1, 0.15) is 18.2 Å². The van der Waals surface area contributed by atoms with E-state index >= 15 is 0 Å². The van der Waals surface area contributed by atoms with Crippen molar-refractivity contribution in [1.82, 2.24) is 15.2 Å². The minimum Gasteiger partial charge on any atom is -0.489 e. The Balaban J connectivity index is 1.59. The van der Waals surface area contributed by atoms with Crippen LogP contribution in [0.15, 0.2) is 79.3 Å². The normalized spacial score (nSPS) is 10.7. The largest absolute Gasteiger partial charge is 0.489 e. The van der Waals surface area contributed by atoms with Gasteiger partial charge in [-0.05, 0) is 35.9 Å². The van der Waals surface area contributed by atoms with Gasteiger partial charge in [-0.25, -0.2) is 4.39 Å². The zero-order valence-electron chi connectivity index (χ0n) is 13.9. The van der Waals surface area contributed by atoms with Gasteiger partial charge in [0.25, 0.3) is 0 Å². The quantitative estimate of drug-likeness (QED) is 0.562. The van der Waals surface area contributed by atoms with Gasteiger partial charge in [0, 0.05) is 29.1 Å². The van der Waals surface area contributed by atoms with Gasteiger partial charge >= 0.3 is 0 Å². The Morgan fingerprint density at radius 2 is 1.77 bits per heavy atom. The van der Waals surface area contributed by atoms with E-state index in [0.717, 1.165) is 22.4 Å². The molecule has 0 radical (unpaired) electrons. The van der Waals surface area contributed by atoms with Crippen LogP contribution in [0.5, 0.6) is 5.75 Å². The predicted octanol–water partition coefficient (Wildman–Crippen LogP) is 4.86. The van der Waals surface area contributed by atoms with Crippen LogP contribution in [0.25, 0.3) is 22.4 Å². The molecule has 0 bridgehead atoms. The summed E-state index contributed by atoms with van der Waals surface area (Å²) in [4.78, 5) is 4.05. The molecule has 0 aliphatic heterocycles. The van der Waals surface area contributed by atoms with Gasteiger partial charge in [-0.1, -0.05) is 30.3 Å². The van der Waals surface area contributed by atoms with Crippen LogP contribution in [0.2, 0.25) is 0 Å². The van der Waals surface area contributed by atoms with Crippen LogP contribution in [0, 0.1) is 5.82 Å². The molecule has 4 rings (SSSR count). The SMILES string of the molecule is Fc1ccccc1COc1cccc(-c2[nH]ncc2-c2ccncc2)c1. The van der Waals surface area contributed by atoms with Gasteiger partial charge in [0.05, 0.1) is 11.9 Å². The number of ether oxygens (including phenoxy) is 1. The van der Waals surface area contributed by atoms with Crippen LogP contribution in [-0.2, 0) is 6.61 Å². The fraction of sp³-hybridized carbons (Fsp3) is 0.0476. The number of hydrogen-bond donors (Lipinski definition) is 1. The van der Waals surface area contributed by atoms with Crippen molar-refractivity contribution < 1.29 is 9.13 Å². The zero-order valence-corrected chi connectivity index (χ0v) is 13.9. The van der Waals surface area contributed by atoms with Gasteiger partial charge in [-0.3, -0.25) is 10.1 Å². The summed E-state index contributed by atoms with van der Waals surface area (Å²) in [5, 5.41) is 7.22. The van der Waals surface area contributed by atoms with Crippen LogP contribution in [-0.4, -0.2) is 15.2 Å². The molecule has 4 nitrogen and oxygen atoms in total. The lowest BCUT2D eigenvalue weighted by Crippen LogP contribution is -1.98. The number of aromatic amines is 1. The van der Waals surface area contributed by atoms with Gasteiger partial charge in [-0.15, -0.1) is 0 Å². The molecular weight excluding hydrogens is 329 g/mol. The summed E-state index contributed by atoms with van der Waals surface area (Å²) in [6.07, 6.45) is 5.29. The number of rotatable bonds is 5. The average molecular weight is 345 g/mol. The number of nitrogens with zero attached hydrogens (tertiary/aromatic N) is 2. The van der Waals surface area contributed by atoms with Gasteiger partial charge in [-0.2, -0.15) is 5.10 Å². The lowest BCUT2D eigenvalue weighted by atomic mass is 10.0. The monoisotopic (exact) mass is 345 g/mol. The van der Waals surface area contributed by atoms with E-state index in [1.165, 1.54) is 6.07 Å². The molecule has 0 unspecified atom stereocenters. The Labute approximate surface area is 150 Å². The van der Waals surface area contributed by atoms with E-state index in [-0.39, 0.29) is 12.4 Å². The second-order valence-corrected chi connectivity index (χ2v) is 5.80. The Morgan fingerprint density at radius 3 is 2.62 bits per heavy atom. The third-order valence-electron chi connectivity index (χ3n) is 4.11. The standard InChI is InChI=1S/C21H16FN3O/c22-20-7-2-1-4-17(20)14-26-18-6-3-5-16(12-18)21-19(13-24-25-21)15-8-10-23-11-9-15/h1-13H,14H2,(H,24,25). The second-order valence-electron chi connectivity index (χ2n) is 5.80. The summed E-state index contributed by atoms with van der Waals surface area (Å²) in [5.74, 6) is 0.401. The van der Waals surface area contributed by atoms with Crippen molar-refractivity contribution in [3.05, 3.63) is 90.6 Å². The molecule has 4 aromatic rings. The highest BCUT2D eigenvalue weighted by atomic mass is 19.1. The molecule has 0 amide bonds. The number of halogens is 1. The summed E-state index contributed by atoms with van der Waals surface area (Å²) < 4.78 is 19.5. The molecule has 0 aliphatic carbocycles. The third-order valence-corrected chi connectivity index (χ3v) is 4.11. The smallest absolute Gasteiger partial charge is 0.129 e. The molecule has 2 aromatic carbocycles. The summed E-state index contributed by atoms with van der Waals surface area (Å²) in [5.41, 5.74) is 4.38. The van der Waals surface area contributed by atoms with Crippen molar-refractivity contribution in [2.45, 2.75) is 6.61 Å². The van der Waals surface area contributed by atoms with E-state index in [1.54, 1.807) is 36.8 Å². The lowest BCUT2D eigenvalue weighted by molar-refractivity contribution is 0.300. The number of aromatic nitrogens is 3. The van der Waals surface area contributed by atoms with Crippen molar-refractivity contribution in [3.63, 3.8) is 0 Å². The van der Waals surface area contributed by atoms with Crippen molar-refractivity contribution in [2.75, 3.05) is 0 Å². The number of hydrogen-bond acceptors (Lipinski definition) is 3. The van der Waals surface area contributed by atoms with Crippen molar-refractivity contribution >= 4 is 0 Å². The number of benzene rings is 2. The van der Waals surface area contributed by atoms with E-state index < -0.39 is 0 Å². The van der Waals surface area contributed by atoms with E-state index in [4.69, 9.17) is 4.74 Å². The highest BCUT2D eigenvalue weighted by molar-refractivity contribution is 5.80. The first-order valence-electron chi connectivity index (χ1n) is 8.21. The second kappa shape index (κ2) is 7.19. The van der Waals surface area contributed by atoms with Crippen molar-refractivity contribution in [3.8, 4) is 28.1 Å². The van der Waals surface area contributed by atoms with E-state index in [9.17, 15) is 4.39 Å². The molecule has 0 spiro atoms. The van der Waals surface area contributed by atoms with Crippen LogP contribution in [0.1, 0.15) is 5.56 Å². The fourth-order valence-corrected chi connectivity index (χ4v) is 2.77. The summed E-state index contributed by atoms with van der Waals surface area (Å²) >= 11 is 0. The third kappa shape index (κ3) is 3.32. The summed E-state index contributed by atoms with van der Waals surface area (Å²) in [6, 6.07) is 18.1. The van der Waals surface area contributed by atoms with Crippen LogP contribution in [0.4, 0.5) is 4.39 Å². The Morgan fingerprint density at radius 1 is 0.923 bits per heavy atom. The van der Waals surface area contributed by atoms with Crippen LogP contribution in [0.3, 0.4) is 0 Å². The summed E-state index contributed by atoms with van der Waals surface area (Å²) in [6.45, 7) is 0.177. The molecule has 2 aromatic heterocycles. The molecule has 0 fully saturated rings. The minimum atomic E-state index is -0.266. The molecule has 0 saturated heterocycles. The lowest BCUT2D eigenvalue weighted by Gasteiger charge is -2.09. The van der Waals surface area contributed by atoms with Gasteiger partial charge in [0.15, 0.2) is 0 Å². The Kier molecular flexibility index (Phi) is 4.43. The first-order valence-corrected chi connectivity index (χ1v) is 8.21. The maximum atomic E-state index is 13.7. The molecule has 0 aliphatic rings. The fourth-order valence-electron chi connectivity index (χ4n) is 2.77. The zero-order chi connectivity index (χ0) is 17.8. The number of nitrogens with one attached hydrogen (secondary N) is 1. The Hall–Kier alpha value is -3.47. The average Bonchev–Trinajstić information content (AvgIpc) is 3.18. The predicted molar refractivity (Wildman–Crippen MR) is 98.0 cm³/mol. The maximum Gasteiger partial charge on any atom is 0.129 e. The minimum absolute atomic E-state index is 0.177. The molecule has 2 heterocycles. The number of pyridine rings is 1. The van der Waals surface area contributed by atoms with Crippen molar-refractivity contribution in [1.29, 1.82) is 0 Å². The molecule has 26 heavy (non-hydrogen) atoms. The first kappa shape index (κ1) is 16.0. The van der Waals surface area contributed by atoms with E-state index in [2.05, 4.69) is 15.2 Å². The van der Waals surface area contributed by atoms with E-state index in [1.807, 2.05) is 36.4 Å². The van der Waals surface area contributed by atoms with Crippen LogP contribution < -0.4 is 4.74 Å². The molecule has 0 atom stereocenters. The molecule has 5 heteroatoms. The highest BCUT2D eigenvalue weighted by Gasteiger charge is 2.11. The molecule has 1 N–H and O–H groups in total. The van der Waals surface area contributed by atoms with Gasteiger partial charge < -0.3 is 4.74 Å².